The van der Waals surface area contributed by atoms with E-state index in [1.807, 2.05) is 0 Å². The third-order valence-electron chi connectivity index (χ3n) is 21.4. The smallest absolute Gasteiger partial charge is 0.0607 e. The van der Waals surface area contributed by atoms with Crippen molar-refractivity contribution in [2.75, 3.05) is 0 Å². The first-order valence-electron chi connectivity index (χ1n) is 27.1. The van der Waals surface area contributed by atoms with Gasteiger partial charge in [-0.05, 0) is 161 Å². The minimum Gasteiger partial charge on any atom is -0.299 e. The highest BCUT2D eigenvalue weighted by molar-refractivity contribution is 5.12. The fourth-order valence-electron chi connectivity index (χ4n) is 19.2. The van der Waals surface area contributed by atoms with Crippen LogP contribution in [0.2, 0.25) is 0 Å². The van der Waals surface area contributed by atoms with Gasteiger partial charge in [0.05, 0.1) is 6.17 Å². The Bertz CT molecular complexity index is 1240. The van der Waals surface area contributed by atoms with Crippen molar-refractivity contribution in [3.8, 4) is 0 Å². The first kappa shape index (κ1) is 38.8. The topological polar surface area (TPSA) is 18.5 Å². The van der Waals surface area contributed by atoms with Gasteiger partial charge in [0.15, 0.2) is 0 Å². The molecule has 3 heterocycles. The van der Waals surface area contributed by atoms with Crippen molar-refractivity contribution in [2.24, 2.45) is 65.1 Å². The number of fused-ring (bicyclic) bond motifs is 6. The Kier molecular flexibility index (Phi) is 12.0. The standard InChI is InChI=1S/C53H89N3/c1-4-16-36(17-5-1)39-22-14-23-42(32-39)55-49-28-12-10-24-44(49)46-31-30-40(34-51(46)55)43-26-15-27-47-45-25-11-13-29-50(45)56(53(43)47)52-35-41(37-18-6-2-7-19-37)33-48(54-52)38-20-8-3-9-21-38/h36-54H,1-35H2. The summed E-state index contributed by atoms with van der Waals surface area (Å²) in [5.41, 5.74) is 0. The molecule has 11 aliphatic rings. The summed E-state index contributed by atoms with van der Waals surface area (Å²) in [4.78, 5) is 6.87. The predicted molar refractivity (Wildman–Crippen MR) is 233 cm³/mol. The van der Waals surface area contributed by atoms with Gasteiger partial charge in [0.2, 0.25) is 0 Å². The third kappa shape index (κ3) is 7.38. The van der Waals surface area contributed by atoms with Gasteiger partial charge in [-0.3, -0.25) is 15.1 Å². The summed E-state index contributed by atoms with van der Waals surface area (Å²) in [5.74, 6) is 11.2. The van der Waals surface area contributed by atoms with Crippen LogP contribution in [-0.4, -0.2) is 52.2 Å². The number of hydrogen-bond acceptors (Lipinski definition) is 3. The second-order valence-corrected chi connectivity index (χ2v) is 23.8. The minimum atomic E-state index is 0.685. The molecule has 0 bridgehead atoms. The molecule has 0 amide bonds. The summed E-state index contributed by atoms with van der Waals surface area (Å²) in [6, 6.07) is 5.43. The van der Waals surface area contributed by atoms with Crippen LogP contribution in [0.4, 0.5) is 0 Å². The average Bonchev–Trinajstić information content (AvgIpc) is 3.80. The summed E-state index contributed by atoms with van der Waals surface area (Å²) < 4.78 is 0. The van der Waals surface area contributed by atoms with Gasteiger partial charge in [-0.15, -0.1) is 0 Å². The molecule has 11 fully saturated rings. The highest BCUT2D eigenvalue weighted by Crippen LogP contribution is 2.59. The van der Waals surface area contributed by atoms with E-state index in [2.05, 4.69) is 9.80 Å². The van der Waals surface area contributed by atoms with Crippen LogP contribution in [0.15, 0.2) is 0 Å². The number of nitrogens with one attached hydrogen (secondary N) is 1. The van der Waals surface area contributed by atoms with E-state index in [0.717, 1.165) is 101 Å². The molecule has 3 saturated heterocycles. The van der Waals surface area contributed by atoms with Crippen LogP contribution in [-0.2, 0) is 0 Å². The molecular formula is C53H89N3. The number of piperidine rings is 1. The lowest BCUT2D eigenvalue weighted by atomic mass is 9.62. The van der Waals surface area contributed by atoms with Crippen LogP contribution in [0.3, 0.4) is 0 Å². The zero-order chi connectivity index (χ0) is 37.0. The van der Waals surface area contributed by atoms with E-state index < -0.39 is 0 Å². The Morgan fingerprint density at radius 3 is 1.55 bits per heavy atom. The Labute approximate surface area is 346 Å². The lowest BCUT2D eigenvalue weighted by Gasteiger charge is -2.53. The molecule has 0 aromatic carbocycles. The van der Waals surface area contributed by atoms with Crippen LogP contribution in [0.25, 0.3) is 0 Å². The Hall–Kier alpha value is -0.120. The molecule has 8 saturated carbocycles. The van der Waals surface area contributed by atoms with Crippen LogP contribution >= 0.6 is 0 Å². The molecule has 0 spiro atoms. The lowest BCUT2D eigenvalue weighted by molar-refractivity contribution is -0.0386. The predicted octanol–water partition coefficient (Wildman–Crippen LogP) is 13.3. The second kappa shape index (κ2) is 17.3. The molecule has 0 aromatic heterocycles. The van der Waals surface area contributed by atoms with Gasteiger partial charge in [-0.25, -0.2) is 0 Å². The van der Waals surface area contributed by atoms with E-state index in [0.29, 0.717) is 6.17 Å². The zero-order valence-corrected chi connectivity index (χ0v) is 36.5. The molecule has 11 rings (SSSR count). The van der Waals surface area contributed by atoms with Crippen molar-refractivity contribution >= 4 is 0 Å². The molecule has 0 aromatic rings. The highest BCUT2D eigenvalue weighted by atomic mass is 15.4. The van der Waals surface area contributed by atoms with Crippen LogP contribution < -0.4 is 5.32 Å². The van der Waals surface area contributed by atoms with Crippen molar-refractivity contribution in [3.63, 3.8) is 0 Å². The molecule has 8 aliphatic carbocycles. The molecule has 15 atom stereocenters. The second-order valence-electron chi connectivity index (χ2n) is 23.8. The third-order valence-corrected chi connectivity index (χ3v) is 21.4. The first-order valence-corrected chi connectivity index (χ1v) is 27.1. The Morgan fingerprint density at radius 1 is 0.286 bits per heavy atom. The van der Waals surface area contributed by atoms with E-state index in [4.69, 9.17) is 5.32 Å². The number of likely N-dealkylation sites (tertiary alicyclic amines) is 2. The first-order chi connectivity index (χ1) is 27.8. The summed E-state index contributed by atoms with van der Waals surface area (Å²) in [6.07, 6.45) is 54.8. The maximum absolute atomic E-state index is 4.69. The summed E-state index contributed by atoms with van der Waals surface area (Å²) in [6.45, 7) is 0. The summed E-state index contributed by atoms with van der Waals surface area (Å²) >= 11 is 0. The maximum atomic E-state index is 4.69. The van der Waals surface area contributed by atoms with E-state index in [1.54, 1.807) is 116 Å². The van der Waals surface area contributed by atoms with Gasteiger partial charge >= 0.3 is 0 Å². The molecule has 316 valence electrons. The van der Waals surface area contributed by atoms with Gasteiger partial charge in [-0.2, -0.15) is 0 Å². The van der Waals surface area contributed by atoms with Crippen molar-refractivity contribution in [3.05, 3.63) is 0 Å². The molecule has 15 unspecified atom stereocenters. The molecule has 56 heavy (non-hydrogen) atoms. The molecular weight excluding hydrogens is 679 g/mol. The maximum Gasteiger partial charge on any atom is 0.0607 e. The number of rotatable bonds is 6. The average molecular weight is 768 g/mol. The lowest BCUT2D eigenvalue weighted by Crippen LogP contribution is -2.62. The van der Waals surface area contributed by atoms with Gasteiger partial charge in [0.25, 0.3) is 0 Å². The summed E-state index contributed by atoms with van der Waals surface area (Å²) in [7, 11) is 0. The van der Waals surface area contributed by atoms with Crippen LogP contribution in [0.5, 0.6) is 0 Å². The largest absolute Gasteiger partial charge is 0.299 e. The van der Waals surface area contributed by atoms with Crippen LogP contribution in [0, 0.1) is 65.1 Å². The van der Waals surface area contributed by atoms with Crippen molar-refractivity contribution < 1.29 is 0 Å². The highest BCUT2D eigenvalue weighted by Gasteiger charge is 2.59. The molecule has 3 aliphatic heterocycles. The van der Waals surface area contributed by atoms with Gasteiger partial charge in [0.1, 0.15) is 0 Å². The fraction of sp³-hybridized carbons (Fsp3) is 1.00. The van der Waals surface area contributed by atoms with E-state index in [-0.39, 0.29) is 0 Å². The van der Waals surface area contributed by atoms with Crippen molar-refractivity contribution in [1.29, 1.82) is 0 Å². The van der Waals surface area contributed by atoms with Crippen molar-refractivity contribution in [1.82, 2.24) is 15.1 Å². The SMILES string of the molecule is C1CCC(C2CCCC(N3C4CCCCC4C4CCC(C5CCCC6C7CCCCC7N(C7CC(C8CCCCC8)CC(C8CCCCC8)N7)C56)CC43)C2)CC1. The Morgan fingerprint density at radius 2 is 0.821 bits per heavy atom. The Balaban J connectivity index is 0.877. The quantitative estimate of drug-likeness (QED) is 0.290. The fourth-order valence-corrected chi connectivity index (χ4v) is 19.2. The van der Waals surface area contributed by atoms with Gasteiger partial charge < -0.3 is 0 Å². The molecule has 3 nitrogen and oxygen atoms in total. The van der Waals surface area contributed by atoms with Gasteiger partial charge in [-0.1, -0.05) is 128 Å². The number of nitrogens with zero attached hydrogens (tertiary/aromatic N) is 2. The van der Waals surface area contributed by atoms with E-state index in [1.165, 1.54) is 109 Å². The van der Waals surface area contributed by atoms with Crippen molar-refractivity contribution in [2.45, 2.75) is 267 Å². The van der Waals surface area contributed by atoms with Gasteiger partial charge in [0, 0.05) is 36.3 Å². The van der Waals surface area contributed by atoms with Crippen LogP contribution in [0.1, 0.15) is 225 Å². The zero-order valence-electron chi connectivity index (χ0n) is 36.5. The normalized spacial score (nSPS) is 49.2. The van der Waals surface area contributed by atoms with E-state index in [9.17, 15) is 0 Å². The summed E-state index contributed by atoms with van der Waals surface area (Å²) in [5, 5.41) is 4.69. The monoisotopic (exact) mass is 768 g/mol. The van der Waals surface area contributed by atoms with E-state index >= 15 is 0 Å². The molecule has 3 heteroatoms. The number of hydrogen-bond donors (Lipinski definition) is 1. The minimum absolute atomic E-state index is 0.685. The molecule has 1 N–H and O–H groups in total. The molecule has 0 radical (unpaired) electrons.